The summed E-state index contributed by atoms with van der Waals surface area (Å²) in [6, 6.07) is 0. The van der Waals surface area contributed by atoms with Gasteiger partial charge < -0.3 is 5.84 Å². The zero-order valence-electron chi connectivity index (χ0n) is 4.60. The summed E-state index contributed by atoms with van der Waals surface area (Å²) in [6.07, 6.45) is 5.05. The van der Waals surface area contributed by atoms with E-state index in [2.05, 4.69) is 10.3 Å². The van der Waals surface area contributed by atoms with Crippen molar-refractivity contribution in [2.75, 3.05) is 5.84 Å². The number of aromatic nitrogens is 4. The van der Waals surface area contributed by atoms with Crippen molar-refractivity contribution < 1.29 is 0 Å². The number of nitrogens with two attached hydrogens (primary N) is 1. The first-order valence-corrected chi connectivity index (χ1v) is 2.50. The Morgan fingerprint density at radius 3 is 3.11 bits per heavy atom. The summed E-state index contributed by atoms with van der Waals surface area (Å²) in [5.41, 5.74) is 0.787. The van der Waals surface area contributed by atoms with Crippen LogP contribution in [0.5, 0.6) is 0 Å². The van der Waals surface area contributed by atoms with Gasteiger partial charge in [-0.2, -0.15) is 0 Å². The third kappa shape index (κ3) is 0.426. The summed E-state index contributed by atoms with van der Waals surface area (Å²) in [7, 11) is 0. The molecule has 2 aromatic heterocycles. The third-order valence-electron chi connectivity index (χ3n) is 1.19. The van der Waals surface area contributed by atoms with Crippen molar-refractivity contribution in [2.45, 2.75) is 0 Å². The van der Waals surface area contributed by atoms with Gasteiger partial charge in [0.05, 0.1) is 12.4 Å². The molecule has 0 saturated carbocycles. The monoisotopic (exact) mass is 123 g/mol. The van der Waals surface area contributed by atoms with Crippen LogP contribution in [0.15, 0.2) is 18.6 Å². The molecule has 2 aromatic rings. The SMILES string of the molecule is Nn1ccn2nncc12. The van der Waals surface area contributed by atoms with E-state index in [1.807, 2.05) is 0 Å². The van der Waals surface area contributed by atoms with Crippen LogP contribution >= 0.6 is 0 Å². The van der Waals surface area contributed by atoms with E-state index in [0.717, 1.165) is 5.65 Å². The van der Waals surface area contributed by atoms with Gasteiger partial charge in [-0.3, -0.25) is 0 Å². The van der Waals surface area contributed by atoms with Crippen molar-refractivity contribution in [3.63, 3.8) is 0 Å². The Hall–Kier alpha value is -1.52. The largest absolute Gasteiger partial charge is 0.338 e. The van der Waals surface area contributed by atoms with E-state index in [9.17, 15) is 0 Å². The van der Waals surface area contributed by atoms with Crippen LogP contribution < -0.4 is 5.84 Å². The van der Waals surface area contributed by atoms with E-state index in [-0.39, 0.29) is 0 Å². The molecule has 0 fully saturated rings. The summed E-state index contributed by atoms with van der Waals surface area (Å²) in [5, 5.41) is 7.34. The molecule has 0 saturated heterocycles. The van der Waals surface area contributed by atoms with Crippen LogP contribution in [-0.2, 0) is 0 Å². The van der Waals surface area contributed by atoms with E-state index >= 15 is 0 Å². The summed E-state index contributed by atoms with van der Waals surface area (Å²) in [6.45, 7) is 0. The van der Waals surface area contributed by atoms with Crippen molar-refractivity contribution in [1.29, 1.82) is 0 Å². The summed E-state index contributed by atoms with van der Waals surface area (Å²) >= 11 is 0. The molecule has 0 unspecified atom stereocenters. The van der Waals surface area contributed by atoms with E-state index < -0.39 is 0 Å². The average Bonchev–Trinajstić information content (AvgIpc) is 2.35. The molecule has 2 rings (SSSR count). The fourth-order valence-corrected chi connectivity index (χ4v) is 0.741. The predicted molar refractivity (Wildman–Crippen MR) is 31.1 cm³/mol. The van der Waals surface area contributed by atoms with Gasteiger partial charge in [-0.15, -0.1) is 5.10 Å². The quantitative estimate of drug-likeness (QED) is 0.468. The van der Waals surface area contributed by atoms with Crippen LogP contribution in [0.2, 0.25) is 0 Å². The molecule has 0 amide bonds. The highest BCUT2D eigenvalue weighted by Crippen LogP contribution is 1.94. The molecule has 2 heterocycles. The van der Waals surface area contributed by atoms with E-state index in [4.69, 9.17) is 5.84 Å². The zero-order chi connectivity index (χ0) is 6.27. The van der Waals surface area contributed by atoms with Crippen LogP contribution in [0.25, 0.3) is 5.65 Å². The van der Waals surface area contributed by atoms with Crippen LogP contribution in [0.4, 0.5) is 0 Å². The highest BCUT2D eigenvalue weighted by atomic mass is 15.5. The lowest BCUT2D eigenvalue weighted by Gasteiger charge is -1.85. The third-order valence-corrected chi connectivity index (χ3v) is 1.19. The number of nitrogen functional groups attached to an aromatic ring is 1. The maximum atomic E-state index is 5.44. The van der Waals surface area contributed by atoms with Gasteiger partial charge >= 0.3 is 0 Å². The lowest BCUT2D eigenvalue weighted by atomic mass is 10.8. The number of fused-ring (bicyclic) bond motifs is 1. The Morgan fingerprint density at radius 2 is 2.33 bits per heavy atom. The Bertz CT molecular complexity index is 318. The molecule has 0 atom stereocenters. The number of imidazole rings is 1. The van der Waals surface area contributed by atoms with Crippen LogP contribution in [-0.4, -0.2) is 19.5 Å². The fourth-order valence-electron chi connectivity index (χ4n) is 0.741. The molecule has 0 radical (unpaired) electrons. The maximum Gasteiger partial charge on any atom is 0.174 e. The predicted octanol–water partition coefficient (Wildman–Crippen LogP) is -0.755. The van der Waals surface area contributed by atoms with E-state index in [0.29, 0.717) is 0 Å². The molecule has 5 heteroatoms. The van der Waals surface area contributed by atoms with Crippen molar-refractivity contribution >= 4 is 5.65 Å². The minimum atomic E-state index is 0.787. The Morgan fingerprint density at radius 1 is 1.44 bits per heavy atom. The first-order valence-electron chi connectivity index (χ1n) is 2.50. The molecular formula is C4H5N5. The van der Waals surface area contributed by atoms with Crippen LogP contribution in [0, 0.1) is 0 Å². The Kier molecular flexibility index (Phi) is 0.606. The number of hydrogen-bond donors (Lipinski definition) is 1. The number of nitrogens with zero attached hydrogens (tertiary/aromatic N) is 4. The zero-order valence-corrected chi connectivity index (χ0v) is 4.60. The van der Waals surface area contributed by atoms with Crippen LogP contribution in [0.1, 0.15) is 0 Å². The van der Waals surface area contributed by atoms with Crippen molar-refractivity contribution in [1.82, 2.24) is 19.5 Å². The van der Waals surface area contributed by atoms with Gasteiger partial charge in [-0.1, -0.05) is 5.21 Å². The van der Waals surface area contributed by atoms with Gasteiger partial charge in [-0.05, 0) is 0 Å². The molecule has 0 spiro atoms. The van der Waals surface area contributed by atoms with Gasteiger partial charge in [0.25, 0.3) is 0 Å². The molecule has 0 aromatic carbocycles. The summed E-state index contributed by atoms with van der Waals surface area (Å²) in [5.74, 6) is 5.44. The van der Waals surface area contributed by atoms with Gasteiger partial charge in [0.2, 0.25) is 0 Å². The fraction of sp³-hybridized carbons (Fsp3) is 0. The first-order chi connectivity index (χ1) is 4.38. The van der Waals surface area contributed by atoms with Crippen molar-refractivity contribution in [3.05, 3.63) is 18.6 Å². The highest BCUT2D eigenvalue weighted by Gasteiger charge is 1.95. The number of hydrogen-bond acceptors (Lipinski definition) is 3. The summed E-state index contributed by atoms with van der Waals surface area (Å²) < 4.78 is 3.06. The second-order valence-corrected chi connectivity index (χ2v) is 1.74. The molecule has 2 N–H and O–H groups in total. The smallest absolute Gasteiger partial charge is 0.174 e. The van der Waals surface area contributed by atoms with Crippen LogP contribution in [0.3, 0.4) is 0 Å². The molecule has 0 aliphatic carbocycles. The minimum Gasteiger partial charge on any atom is -0.338 e. The second kappa shape index (κ2) is 1.25. The van der Waals surface area contributed by atoms with Crippen molar-refractivity contribution in [2.24, 2.45) is 0 Å². The molecule has 0 aliphatic rings. The van der Waals surface area contributed by atoms with Gasteiger partial charge in [0, 0.05) is 6.20 Å². The lowest BCUT2D eigenvalue weighted by Crippen LogP contribution is -2.04. The van der Waals surface area contributed by atoms with E-state index in [1.54, 1.807) is 23.1 Å². The average molecular weight is 123 g/mol. The van der Waals surface area contributed by atoms with Crippen molar-refractivity contribution in [3.8, 4) is 0 Å². The minimum absolute atomic E-state index is 0.787. The van der Waals surface area contributed by atoms with Gasteiger partial charge in [-0.25, -0.2) is 9.19 Å². The van der Waals surface area contributed by atoms with E-state index in [1.165, 1.54) is 4.68 Å². The molecule has 0 bridgehead atoms. The summed E-state index contributed by atoms with van der Waals surface area (Å²) in [4.78, 5) is 0. The second-order valence-electron chi connectivity index (χ2n) is 1.74. The Labute approximate surface area is 50.7 Å². The number of rotatable bonds is 0. The molecule has 0 aliphatic heterocycles. The highest BCUT2D eigenvalue weighted by molar-refractivity contribution is 5.34. The van der Waals surface area contributed by atoms with Gasteiger partial charge in [0.15, 0.2) is 5.65 Å². The Balaban J connectivity index is 2.99. The molecule has 46 valence electrons. The standard InChI is InChI=1S/C4H5N5/c5-8-1-2-9-4(8)3-6-7-9/h1-3H,5H2. The lowest BCUT2D eigenvalue weighted by molar-refractivity contribution is 0.860. The topological polar surface area (TPSA) is 61.1 Å². The molecule has 5 nitrogen and oxygen atoms in total. The normalized spacial score (nSPS) is 10.7. The molecule has 9 heavy (non-hydrogen) atoms. The maximum absolute atomic E-state index is 5.44. The first kappa shape index (κ1) is 4.37. The van der Waals surface area contributed by atoms with Gasteiger partial charge in [0.1, 0.15) is 0 Å². The molecular weight excluding hydrogens is 118 g/mol.